The summed E-state index contributed by atoms with van der Waals surface area (Å²) in [5.41, 5.74) is 0.226. The Morgan fingerprint density at radius 2 is 2.04 bits per heavy atom. The molecule has 25 heavy (non-hydrogen) atoms. The number of aromatic nitrogens is 3. The molecule has 1 aromatic carbocycles. The fraction of sp³-hybridized carbons (Fsp3) is 0.412. The third kappa shape index (κ3) is 3.11. The standard InChI is InChI=1S/C17H19FN4O3/c1-3-14-19-15(20-22(14)13-7-5-4-6-12(13)18)16(23)21-8-10(2)11(9-21)17(24)25/h4-7,10-11H,3,8-9H2,1-2H3,(H,24,25)/t10-,11-/m1/s1. The van der Waals surface area contributed by atoms with Gasteiger partial charge in [-0.05, 0) is 18.1 Å². The number of para-hydroxylation sites is 1. The number of amides is 1. The first-order valence-electron chi connectivity index (χ1n) is 8.15. The Hall–Kier alpha value is -2.77. The van der Waals surface area contributed by atoms with Crippen molar-refractivity contribution in [3.05, 3.63) is 41.7 Å². The van der Waals surface area contributed by atoms with E-state index in [1.165, 1.54) is 15.6 Å². The third-order valence-electron chi connectivity index (χ3n) is 4.48. The molecule has 0 aliphatic carbocycles. The molecular weight excluding hydrogens is 327 g/mol. The molecule has 8 heteroatoms. The van der Waals surface area contributed by atoms with Crippen molar-refractivity contribution in [2.24, 2.45) is 11.8 Å². The number of rotatable bonds is 4. The van der Waals surface area contributed by atoms with Crippen LogP contribution in [0.3, 0.4) is 0 Å². The number of carbonyl (C=O) groups excluding carboxylic acids is 1. The molecule has 2 heterocycles. The Morgan fingerprint density at radius 1 is 1.32 bits per heavy atom. The van der Waals surface area contributed by atoms with E-state index in [1.807, 2.05) is 6.92 Å². The van der Waals surface area contributed by atoms with Crippen LogP contribution in [0.25, 0.3) is 5.69 Å². The Kier molecular flexibility index (Phi) is 4.52. The van der Waals surface area contributed by atoms with Crippen LogP contribution in [-0.2, 0) is 11.2 Å². The molecule has 3 rings (SSSR count). The highest BCUT2D eigenvalue weighted by molar-refractivity contribution is 5.91. The highest BCUT2D eigenvalue weighted by atomic mass is 19.1. The van der Waals surface area contributed by atoms with E-state index in [-0.39, 0.29) is 24.0 Å². The molecule has 1 aliphatic rings. The van der Waals surface area contributed by atoms with E-state index in [2.05, 4.69) is 10.1 Å². The van der Waals surface area contributed by atoms with Gasteiger partial charge in [-0.25, -0.2) is 14.1 Å². The van der Waals surface area contributed by atoms with Crippen molar-refractivity contribution in [2.45, 2.75) is 20.3 Å². The Labute approximate surface area is 144 Å². The summed E-state index contributed by atoms with van der Waals surface area (Å²) >= 11 is 0. The summed E-state index contributed by atoms with van der Waals surface area (Å²) in [6.07, 6.45) is 0.475. The molecule has 1 saturated heterocycles. The Balaban J connectivity index is 1.90. The topological polar surface area (TPSA) is 88.3 Å². The lowest BCUT2D eigenvalue weighted by molar-refractivity contribution is -0.142. The number of likely N-dealkylation sites (tertiary alicyclic amines) is 1. The number of hydrogen-bond donors (Lipinski definition) is 1. The van der Waals surface area contributed by atoms with Gasteiger partial charge >= 0.3 is 5.97 Å². The van der Waals surface area contributed by atoms with E-state index in [4.69, 9.17) is 0 Å². The van der Waals surface area contributed by atoms with Crippen LogP contribution in [0.2, 0.25) is 0 Å². The van der Waals surface area contributed by atoms with Crippen molar-refractivity contribution >= 4 is 11.9 Å². The lowest BCUT2D eigenvalue weighted by atomic mass is 9.99. The van der Waals surface area contributed by atoms with Crippen LogP contribution in [0.5, 0.6) is 0 Å². The first-order valence-corrected chi connectivity index (χ1v) is 8.15. The maximum atomic E-state index is 14.0. The van der Waals surface area contributed by atoms with Crippen molar-refractivity contribution in [1.29, 1.82) is 0 Å². The fourth-order valence-corrected chi connectivity index (χ4v) is 3.08. The largest absolute Gasteiger partial charge is 0.481 e. The highest BCUT2D eigenvalue weighted by Gasteiger charge is 2.38. The Bertz CT molecular complexity index is 820. The molecule has 2 aromatic rings. The predicted octanol–water partition coefficient (Wildman–Crippen LogP) is 1.76. The van der Waals surface area contributed by atoms with Gasteiger partial charge in [0.15, 0.2) is 0 Å². The highest BCUT2D eigenvalue weighted by Crippen LogP contribution is 2.24. The van der Waals surface area contributed by atoms with E-state index in [1.54, 1.807) is 25.1 Å². The molecule has 0 bridgehead atoms. The van der Waals surface area contributed by atoms with Gasteiger partial charge in [-0.3, -0.25) is 9.59 Å². The van der Waals surface area contributed by atoms with Crippen LogP contribution in [-0.4, -0.2) is 49.7 Å². The van der Waals surface area contributed by atoms with Gasteiger partial charge in [0.05, 0.1) is 5.92 Å². The zero-order valence-corrected chi connectivity index (χ0v) is 14.0. The quantitative estimate of drug-likeness (QED) is 0.911. The Morgan fingerprint density at radius 3 is 2.64 bits per heavy atom. The minimum atomic E-state index is -0.915. The summed E-state index contributed by atoms with van der Waals surface area (Å²) in [5.74, 6) is -2.11. The van der Waals surface area contributed by atoms with Gasteiger partial charge in [-0.2, -0.15) is 0 Å². The monoisotopic (exact) mass is 346 g/mol. The van der Waals surface area contributed by atoms with E-state index in [0.29, 0.717) is 18.8 Å². The molecule has 0 radical (unpaired) electrons. The molecular formula is C17H19FN4O3. The number of aliphatic carboxylic acids is 1. The minimum Gasteiger partial charge on any atom is -0.481 e. The van der Waals surface area contributed by atoms with Crippen LogP contribution >= 0.6 is 0 Å². The second-order valence-electron chi connectivity index (χ2n) is 6.20. The number of nitrogens with zero attached hydrogens (tertiary/aromatic N) is 4. The molecule has 0 saturated carbocycles. The van der Waals surface area contributed by atoms with Crippen LogP contribution in [0.1, 0.15) is 30.3 Å². The van der Waals surface area contributed by atoms with Crippen molar-refractivity contribution in [1.82, 2.24) is 19.7 Å². The summed E-state index contributed by atoms with van der Waals surface area (Å²) < 4.78 is 15.4. The van der Waals surface area contributed by atoms with E-state index >= 15 is 0 Å². The van der Waals surface area contributed by atoms with Gasteiger partial charge in [0.2, 0.25) is 5.82 Å². The summed E-state index contributed by atoms with van der Waals surface area (Å²) in [5, 5.41) is 13.4. The second kappa shape index (κ2) is 6.62. The average molecular weight is 346 g/mol. The van der Waals surface area contributed by atoms with Gasteiger partial charge in [0, 0.05) is 19.5 Å². The predicted molar refractivity (Wildman–Crippen MR) is 86.9 cm³/mol. The summed E-state index contributed by atoms with van der Waals surface area (Å²) in [6.45, 7) is 4.11. The van der Waals surface area contributed by atoms with Crippen molar-refractivity contribution in [3.8, 4) is 5.69 Å². The smallest absolute Gasteiger partial charge is 0.308 e. The number of carbonyl (C=O) groups is 2. The van der Waals surface area contributed by atoms with Crippen LogP contribution < -0.4 is 0 Å². The zero-order chi connectivity index (χ0) is 18.1. The molecule has 0 unspecified atom stereocenters. The van der Waals surface area contributed by atoms with E-state index in [0.717, 1.165) is 0 Å². The molecule has 1 aliphatic heterocycles. The van der Waals surface area contributed by atoms with Gasteiger partial charge in [-0.15, -0.1) is 5.10 Å². The maximum Gasteiger partial charge on any atom is 0.308 e. The molecule has 7 nitrogen and oxygen atoms in total. The molecule has 132 valence electrons. The van der Waals surface area contributed by atoms with Gasteiger partial charge in [0.1, 0.15) is 17.3 Å². The minimum absolute atomic E-state index is 0.0432. The number of carboxylic acid groups (broad SMARTS) is 1. The zero-order valence-electron chi connectivity index (χ0n) is 14.0. The summed E-state index contributed by atoms with van der Waals surface area (Å²) in [4.78, 5) is 29.6. The number of aryl methyl sites for hydroxylation is 1. The fourth-order valence-electron chi connectivity index (χ4n) is 3.08. The van der Waals surface area contributed by atoms with Crippen LogP contribution in [0, 0.1) is 17.7 Å². The SMILES string of the molecule is CCc1nc(C(=O)N2C[C@@H](C)[C@H](C(=O)O)C2)nn1-c1ccccc1F. The molecule has 1 fully saturated rings. The van der Waals surface area contributed by atoms with Gasteiger partial charge in [0.25, 0.3) is 5.91 Å². The molecule has 1 N–H and O–H groups in total. The van der Waals surface area contributed by atoms with Crippen LogP contribution in [0.15, 0.2) is 24.3 Å². The molecule has 1 amide bonds. The lowest BCUT2D eigenvalue weighted by Gasteiger charge is -2.13. The third-order valence-corrected chi connectivity index (χ3v) is 4.48. The van der Waals surface area contributed by atoms with Crippen molar-refractivity contribution in [3.63, 3.8) is 0 Å². The lowest BCUT2D eigenvalue weighted by Crippen LogP contribution is -2.30. The number of halogens is 1. The molecule has 2 atom stereocenters. The van der Waals surface area contributed by atoms with Gasteiger partial charge in [-0.1, -0.05) is 26.0 Å². The molecule has 1 aromatic heterocycles. The number of benzene rings is 1. The maximum absolute atomic E-state index is 14.0. The second-order valence-corrected chi connectivity index (χ2v) is 6.20. The first kappa shape index (κ1) is 17.1. The molecule has 0 spiro atoms. The normalized spacial score (nSPS) is 20.0. The van der Waals surface area contributed by atoms with E-state index < -0.39 is 23.6 Å². The van der Waals surface area contributed by atoms with Crippen molar-refractivity contribution < 1.29 is 19.1 Å². The van der Waals surface area contributed by atoms with Crippen molar-refractivity contribution in [2.75, 3.05) is 13.1 Å². The first-order chi connectivity index (χ1) is 11.9. The number of hydrogen-bond acceptors (Lipinski definition) is 4. The summed E-state index contributed by atoms with van der Waals surface area (Å²) in [7, 11) is 0. The van der Waals surface area contributed by atoms with Crippen LogP contribution in [0.4, 0.5) is 4.39 Å². The summed E-state index contributed by atoms with van der Waals surface area (Å²) in [6, 6.07) is 6.14. The average Bonchev–Trinajstić information content (AvgIpc) is 3.18. The van der Waals surface area contributed by atoms with E-state index in [9.17, 15) is 19.1 Å². The van der Waals surface area contributed by atoms with Gasteiger partial charge < -0.3 is 10.0 Å². The number of carboxylic acids is 1.